The minimum absolute atomic E-state index is 0.739. The standard InChI is InChI=1S/C12H22N2/c13-7-12(10-3-4-10)14(11-5-6-11)8-9-1-2-9/h9-12H,1-8,13H2. The first kappa shape index (κ1) is 9.17. The first-order valence-electron chi connectivity index (χ1n) is 6.34. The van der Waals surface area contributed by atoms with Crippen LogP contribution in [0.3, 0.4) is 0 Å². The zero-order valence-corrected chi connectivity index (χ0v) is 8.99. The zero-order chi connectivity index (χ0) is 9.54. The molecule has 3 rings (SSSR count). The van der Waals surface area contributed by atoms with E-state index in [0.29, 0.717) is 0 Å². The Morgan fingerprint density at radius 2 is 1.79 bits per heavy atom. The molecule has 1 unspecified atom stereocenters. The van der Waals surface area contributed by atoms with E-state index in [1.54, 1.807) is 0 Å². The van der Waals surface area contributed by atoms with Gasteiger partial charge in [-0.05, 0) is 50.4 Å². The molecule has 0 aliphatic heterocycles. The van der Waals surface area contributed by atoms with Crippen LogP contribution in [0.4, 0.5) is 0 Å². The second kappa shape index (κ2) is 3.49. The summed E-state index contributed by atoms with van der Waals surface area (Å²) in [4.78, 5) is 2.77. The summed E-state index contributed by atoms with van der Waals surface area (Å²) in [5.74, 6) is 1.99. The van der Waals surface area contributed by atoms with Crippen LogP contribution in [0.25, 0.3) is 0 Å². The SMILES string of the molecule is NCC(C1CC1)N(CC1CC1)C1CC1. The van der Waals surface area contributed by atoms with Gasteiger partial charge in [-0.25, -0.2) is 0 Å². The van der Waals surface area contributed by atoms with E-state index in [4.69, 9.17) is 5.73 Å². The predicted octanol–water partition coefficient (Wildman–Crippen LogP) is 1.60. The summed E-state index contributed by atoms with van der Waals surface area (Å²) < 4.78 is 0. The summed E-state index contributed by atoms with van der Waals surface area (Å²) in [5, 5.41) is 0. The maximum Gasteiger partial charge on any atom is 0.0249 e. The summed E-state index contributed by atoms with van der Waals surface area (Å²) in [6.45, 7) is 2.26. The molecule has 0 aromatic heterocycles. The maximum atomic E-state index is 5.93. The maximum absolute atomic E-state index is 5.93. The monoisotopic (exact) mass is 194 g/mol. The molecular formula is C12H22N2. The summed E-state index contributed by atoms with van der Waals surface area (Å²) in [6.07, 6.45) is 8.72. The van der Waals surface area contributed by atoms with Crippen LogP contribution >= 0.6 is 0 Å². The molecule has 3 aliphatic rings. The van der Waals surface area contributed by atoms with Gasteiger partial charge in [-0.2, -0.15) is 0 Å². The largest absolute Gasteiger partial charge is 0.329 e. The topological polar surface area (TPSA) is 29.3 Å². The van der Waals surface area contributed by atoms with Crippen molar-refractivity contribution in [2.75, 3.05) is 13.1 Å². The summed E-state index contributed by atoms with van der Waals surface area (Å²) in [7, 11) is 0. The van der Waals surface area contributed by atoms with Crippen LogP contribution in [0.15, 0.2) is 0 Å². The first-order chi connectivity index (χ1) is 6.88. The fraction of sp³-hybridized carbons (Fsp3) is 1.00. The molecule has 1 atom stereocenters. The molecule has 80 valence electrons. The van der Waals surface area contributed by atoms with Crippen LogP contribution in [-0.4, -0.2) is 30.1 Å². The average Bonchev–Trinajstić information content (AvgIpc) is 2.91. The molecule has 0 bridgehead atoms. The van der Waals surface area contributed by atoms with Crippen LogP contribution in [0.2, 0.25) is 0 Å². The van der Waals surface area contributed by atoms with Gasteiger partial charge >= 0.3 is 0 Å². The van der Waals surface area contributed by atoms with Gasteiger partial charge in [0.15, 0.2) is 0 Å². The molecule has 3 saturated carbocycles. The second-order valence-electron chi connectivity index (χ2n) is 5.51. The molecule has 2 N–H and O–H groups in total. The van der Waals surface area contributed by atoms with Crippen molar-refractivity contribution in [1.29, 1.82) is 0 Å². The average molecular weight is 194 g/mol. The van der Waals surface area contributed by atoms with Gasteiger partial charge in [-0.1, -0.05) is 0 Å². The van der Waals surface area contributed by atoms with E-state index >= 15 is 0 Å². The molecule has 3 fully saturated rings. The van der Waals surface area contributed by atoms with Crippen molar-refractivity contribution in [1.82, 2.24) is 4.90 Å². The van der Waals surface area contributed by atoms with E-state index in [-0.39, 0.29) is 0 Å². The third-order valence-corrected chi connectivity index (χ3v) is 4.02. The van der Waals surface area contributed by atoms with Gasteiger partial charge in [-0.3, -0.25) is 4.90 Å². The van der Waals surface area contributed by atoms with Crippen molar-refractivity contribution in [3.05, 3.63) is 0 Å². The highest BCUT2D eigenvalue weighted by atomic mass is 15.2. The predicted molar refractivity (Wildman–Crippen MR) is 58.0 cm³/mol. The first-order valence-corrected chi connectivity index (χ1v) is 6.34. The van der Waals surface area contributed by atoms with Gasteiger partial charge in [0.1, 0.15) is 0 Å². The molecule has 2 nitrogen and oxygen atoms in total. The van der Waals surface area contributed by atoms with Gasteiger partial charge < -0.3 is 5.73 Å². The van der Waals surface area contributed by atoms with E-state index in [0.717, 1.165) is 30.5 Å². The normalized spacial score (nSPS) is 29.6. The molecule has 0 spiro atoms. The van der Waals surface area contributed by atoms with E-state index in [1.807, 2.05) is 0 Å². The Balaban J connectivity index is 1.61. The third-order valence-electron chi connectivity index (χ3n) is 4.02. The fourth-order valence-electron chi connectivity index (χ4n) is 2.64. The molecule has 0 amide bonds. The van der Waals surface area contributed by atoms with Crippen LogP contribution in [-0.2, 0) is 0 Å². The van der Waals surface area contributed by atoms with Crippen LogP contribution in [0.1, 0.15) is 38.5 Å². The lowest BCUT2D eigenvalue weighted by atomic mass is 10.1. The van der Waals surface area contributed by atoms with Gasteiger partial charge in [0.05, 0.1) is 0 Å². The molecule has 0 saturated heterocycles. The van der Waals surface area contributed by atoms with Crippen molar-refractivity contribution in [2.45, 2.75) is 50.6 Å². The molecule has 14 heavy (non-hydrogen) atoms. The van der Waals surface area contributed by atoms with Crippen molar-refractivity contribution in [2.24, 2.45) is 17.6 Å². The highest BCUT2D eigenvalue weighted by Gasteiger charge is 2.42. The molecular weight excluding hydrogens is 172 g/mol. The Hall–Kier alpha value is -0.0800. The van der Waals surface area contributed by atoms with Crippen LogP contribution in [0, 0.1) is 11.8 Å². The Morgan fingerprint density at radius 1 is 1.07 bits per heavy atom. The van der Waals surface area contributed by atoms with Gasteiger partial charge in [0.25, 0.3) is 0 Å². The minimum Gasteiger partial charge on any atom is -0.329 e. The number of hydrogen-bond donors (Lipinski definition) is 1. The van der Waals surface area contributed by atoms with E-state index in [9.17, 15) is 0 Å². The lowest BCUT2D eigenvalue weighted by Crippen LogP contribution is -2.44. The van der Waals surface area contributed by atoms with Crippen LogP contribution < -0.4 is 5.73 Å². The Morgan fingerprint density at radius 3 is 2.21 bits per heavy atom. The number of hydrogen-bond acceptors (Lipinski definition) is 2. The highest BCUT2D eigenvalue weighted by Crippen LogP contribution is 2.42. The smallest absolute Gasteiger partial charge is 0.0249 e. The molecule has 0 aromatic carbocycles. The van der Waals surface area contributed by atoms with Crippen molar-refractivity contribution >= 4 is 0 Å². The van der Waals surface area contributed by atoms with Gasteiger partial charge in [0.2, 0.25) is 0 Å². The lowest BCUT2D eigenvalue weighted by molar-refractivity contribution is 0.163. The Kier molecular flexibility index (Phi) is 2.29. The van der Waals surface area contributed by atoms with Gasteiger partial charge in [-0.15, -0.1) is 0 Å². The van der Waals surface area contributed by atoms with Crippen molar-refractivity contribution < 1.29 is 0 Å². The third kappa shape index (κ3) is 1.96. The van der Waals surface area contributed by atoms with E-state index in [2.05, 4.69) is 4.90 Å². The molecule has 3 aliphatic carbocycles. The number of nitrogens with two attached hydrogens (primary N) is 1. The van der Waals surface area contributed by atoms with E-state index < -0.39 is 0 Å². The summed E-state index contributed by atoms with van der Waals surface area (Å²) in [6, 6.07) is 1.66. The molecule has 0 radical (unpaired) electrons. The quantitative estimate of drug-likeness (QED) is 0.696. The Labute approximate surface area is 86.8 Å². The fourth-order valence-corrected chi connectivity index (χ4v) is 2.64. The van der Waals surface area contributed by atoms with Crippen molar-refractivity contribution in [3.8, 4) is 0 Å². The number of nitrogens with zero attached hydrogens (tertiary/aromatic N) is 1. The molecule has 0 aromatic rings. The minimum atomic E-state index is 0.739. The summed E-state index contributed by atoms with van der Waals surface area (Å²) in [5.41, 5.74) is 5.93. The number of rotatable bonds is 6. The highest BCUT2D eigenvalue weighted by molar-refractivity contribution is 4.97. The Bertz CT molecular complexity index is 204. The summed E-state index contributed by atoms with van der Waals surface area (Å²) >= 11 is 0. The van der Waals surface area contributed by atoms with E-state index in [1.165, 1.54) is 45.1 Å². The molecule has 0 heterocycles. The lowest BCUT2D eigenvalue weighted by Gasteiger charge is -2.31. The molecule has 2 heteroatoms. The van der Waals surface area contributed by atoms with Gasteiger partial charge in [0, 0.05) is 25.2 Å². The second-order valence-corrected chi connectivity index (χ2v) is 5.51. The van der Waals surface area contributed by atoms with Crippen molar-refractivity contribution in [3.63, 3.8) is 0 Å². The zero-order valence-electron chi connectivity index (χ0n) is 8.99. The van der Waals surface area contributed by atoms with Crippen LogP contribution in [0.5, 0.6) is 0 Å².